The number of cyclic esters (lactones) is 2. The molecular weight excluding hydrogens is 204 g/mol. The van der Waals surface area contributed by atoms with E-state index in [9.17, 15) is 9.59 Å². The third-order valence-electron chi connectivity index (χ3n) is 4.14. The van der Waals surface area contributed by atoms with Gasteiger partial charge in [0.1, 0.15) is 0 Å². The Morgan fingerprint density at radius 2 is 1.50 bits per heavy atom. The molecule has 0 unspecified atom stereocenters. The van der Waals surface area contributed by atoms with E-state index in [2.05, 4.69) is 18.6 Å². The Morgan fingerprint density at radius 1 is 1.00 bits per heavy atom. The number of rotatable bonds is 1. The van der Waals surface area contributed by atoms with Crippen LogP contribution in [0.4, 0.5) is 0 Å². The van der Waals surface area contributed by atoms with Gasteiger partial charge in [0.15, 0.2) is 0 Å². The lowest BCUT2D eigenvalue weighted by atomic mass is 9.68. The van der Waals surface area contributed by atoms with Crippen LogP contribution in [0, 0.1) is 17.3 Å². The molecule has 1 aliphatic carbocycles. The predicted molar refractivity (Wildman–Crippen MR) is 59.6 cm³/mol. The van der Waals surface area contributed by atoms with Crippen LogP contribution in [-0.4, -0.2) is 11.9 Å². The van der Waals surface area contributed by atoms with Crippen LogP contribution < -0.4 is 0 Å². The topological polar surface area (TPSA) is 43.4 Å². The maximum Gasteiger partial charge on any atom is 0.313 e. The van der Waals surface area contributed by atoms with Gasteiger partial charge in [-0.25, -0.2) is 0 Å². The van der Waals surface area contributed by atoms with E-state index >= 15 is 0 Å². The van der Waals surface area contributed by atoms with Gasteiger partial charge in [0.05, 0.1) is 0 Å². The number of hydrogen-bond acceptors (Lipinski definition) is 3. The summed E-state index contributed by atoms with van der Waals surface area (Å²) in [4.78, 5) is 22.4. The minimum absolute atomic E-state index is 0.241. The van der Waals surface area contributed by atoms with Crippen molar-refractivity contribution in [3.8, 4) is 0 Å². The second-order valence-corrected chi connectivity index (χ2v) is 6.02. The van der Waals surface area contributed by atoms with Crippen LogP contribution in [0.2, 0.25) is 0 Å². The third-order valence-corrected chi connectivity index (χ3v) is 4.14. The highest BCUT2D eigenvalue weighted by Gasteiger charge is 2.36. The standard InChI is InChI=1S/C13H20O3/c1-13(2)5-3-9(4-6-13)10-7-11(14)16-12(15)8-10/h9-10H,3-8H2,1-2H3. The first-order chi connectivity index (χ1) is 7.46. The van der Waals surface area contributed by atoms with Crippen molar-refractivity contribution < 1.29 is 14.3 Å². The normalized spacial score (nSPS) is 27.9. The van der Waals surface area contributed by atoms with Crippen molar-refractivity contribution in [1.29, 1.82) is 0 Å². The van der Waals surface area contributed by atoms with Gasteiger partial charge in [0, 0.05) is 12.8 Å². The Kier molecular flexibility index (Phi) is 3.04. The molecule has 0 aromatic heterocycles. The minimum Gasteiger partial charge on any atom is -0.393 e. The maximum absolute atomic E-state index is 11.2. The molecule has 0 N–H and O–H groups in total. The van der Waals surface area contributed by atoms with Crippen LogP contribution in [0.25, 0.3) is 0 Å². The van der Waals surface area contributed by atoms with Crippen LogP contribution in [0.15, 0.2) is 0 Å². The molecule has 0 amide bonds. The van der Waals surface area contributed by atoms with Crippen LogP contribution in [0.5, 0.6) is 0 Å². The first kappa shape index (κ1) is 11.6. The Hall–Kier alpha value is -0.860. The first-order valence-corrected chi connectivity index (χ1v) is 6.20. The maximum atomic E-state index is 11.2. The van der Waals surface area contributed by atoms with Gasteiger partial charge in [-0.3, -0.25) is 9.59 Å². The molecule has 1 saturated heterocycles. The largest absolute Gasteiger partial charge is 0.393 e. The zero-order chi connectivity index (χ0) is 11.8. The van der Waals surface area contributed by atoms with Gasteiger partial charge in [-0.1, -0.05) is 13.8 Å². The Labute approximate surface area is 96.5 Å². The van der Waals surface area contributed by atoms with E-state index in [0.29, 0.717) is 24.2 Å². The Morgan fingerprint density at radius 3 is 2.00 bits per heavy atom. The summed E-state index contributed by atoms with van der Waals surface area (Å²) >= 11 is 0. The molecule has 0 aromatic rings. The van der Waals surface area contributed by atoms with E-state index in [1.165, 1.54) is 12.8 Å². The van der Waals surface area contributed by atoms with Crippen LogP contribution in [0.3, 0.4) is 0 Å². The molecule has 0 atom stereocenters. The molecule has 3 nitrogen and oxygen atoms in total. The van der Waals surface area contributed by atoms with E-state index < -0.39 is 0 Å². The molecule has 0 spiro atoms. The second-order valence-electron chi connectivity index (χ2n) is 6.02. The molecule has 0 bridgehead atoms. The highest BCUT2D eigenvalue weighted by molar-refractivity contribution is 5.88. The van der Waals surface area contributed by atoms with Gasteiger partial charge in [-0.05, 0) is 42.9 Å². The molecule has 2 rings (SSSR count). The number of hydrogen-bond donors (Lipinski definition) is 0. The van der Waals surface area contributed by atoms with E-state index in [1.54, 1.807) is 0 Å². The lowest BCUT2D eigenvalue weighted by Gasteiger charge is -2.38. The molecule has 90 valence electrons. The van der Waals surface area contributed by atoms with E-state index in [0.717, 1.165) is 12.8 Å². The smallest absolute Gasteiger partial charge is 0.313 e. The quantitative estimate of drug-likeness (QED) is 0.508. The average Bonchev–Trinajstić information content (AvgIpc) is 2.15. The van der Waals surface area contributed by atoms with E-state index in [-0.39, 0.29) is 17.9 Å². The van der Waals surface area contributed by atoms with Crippen molar-refractivity contribution in [2.24, 2.45) is 17.3 Å². The van der Waals surface area contributed by atoms with Crippen LogP contribution in [-0.2, 0) is 14.3 Å². The van der Waals surface area contributed by atoms with Crippen molar-refractivity contribution in [1.82, 2.24) is 0 Å². The molecule has 2 aliphatic rings. The number of carbonyl (C=O) groups is 2. The van der Waals surface area contributed by atoms with Crippen molar-refractivity contribution in [3.63, 3.8) is 0 Å². The highest BCUT2D eigenvalue weighted by atomic mass is 16.6. The number of carbonyl (C=O) groups excluding carboxylic acids is 2. The fourth-order valence-electron chi connectivity index (χ4n) is 2.94. The first-order valence-electron chi connectivity index (χ1n) is 6.20. The highest BCUT2D eigenvalue weighted by Crippen LogP contribution is 2.43. The fourth-order valence-corrected chi connectivity index (χ4v) is 2.94. The van der Waals surface area contributed by atoms with E-state index in [1.807, 2.05) is 0 Å². The molecule has 0 radical (unpaired) electrons. The van der Waals surface area contributed by atoms with E-state index in [4.69, 9.17) is 0 Å². The third kappa shape index (κ3) is 2.63. The number of ether oxygens (including phenoxy) is 1. The molecule has 1 heterocycles. The minimum atomic E-state index is -0.328. The second kappa shape index (κ2) is 4.19. The van der Waals surface area contributed by atoms with Gasteiger partial charge in [0.25, 0.3) is 0 Å². The summed E-state index contributed by atoms with van der Waals surface area (Å²) in [5.74, 6) is 0.131. The molecule has 16 heavy (non-hydrogen) atoms. The molecule has 3 heteroatoms. The SMILES string of the molecule is CC1(C)CCC(C2CC(=O)OC(=O)C2)CC1. The van der Waals surface area contributed by atoms with Crippen LogP contribution >= 0.6 is 0 Å². The van der Waals surface area contributed by atoms with Gasteiger partial charge < -0.3 is 4.74 Å². The molecule has 2 fully saturated rings. The summed E-state index contributed by atoms with van der Waals surface area (Å²) in [6, 6.07) is 0. The average molecular weight is 224 g/mol. The summed E-state index contributed by atoms with van der Waals surface area (Å²) in [6.45, 7) is 4.59. The molecular formula is C13H20O3. The Balaban J connectivity index is 1.93. The summed E-state index contributed by atoms with van der Waals surface area (Å²) in [5.41, 5.74) is 0.440. The zero-order valence-electron chi connectivity index (χ0n) is 10.1. The van der Waals surface area contributed by atoms with Gasteiger partial charge in [-0.15, -0.1) is 0 Å². The monoisotopic (exact) mass is 224 g/mol. The van der Waals surface area contributed by atoms with Gasteiger partial charge in [0.2, 0.25) is 0 Å². The molecule has 1 saturated carbocycles. The summed E-state index contributed by atoms with van der Waals surface area (Å²) in [5, 5.41) is 0. The Bertz CT molecular complexity index is 280. The lowest BCUT2D eigenvalue weighted by Crippen LogP contribution is -2.33. The van der Waals surface area contributed by atoms with Crippen molar-refractivity contribution >= 4 is 11.9 Å². The van der Waals surface area contributed by atoms with Crippen molar-refractivity contribution in [2.45, 2.75) is 52.4 Å². The summed E-state index contributed by atoms with van der Waals surface area (Å²) < 4.78 is 4.57. The zero-order valence-corrected chi connectivity index (χ0v) is 10.1. The summed E-state index contributed by atoms with van der Waals surface area (Å²) in [6.07, 6.45) is 5.60. The van der Waals surface area contributed by atoms with Gasteiger partial charge >= 0.3 is 11.9 Å². The van der Waals surface area contributed by atoms with Crippen molar-refractivity contribution in [2.75, 3.05) is 0 Å². The molecule has 0 aromatic carbocycles. The lowest BCUT2D eigenvalue weighted by molar-refractivity contribution is -0.166. The predicted octanol–water partition coefficient (Wildman–Crippen LogP) is 2.68. The number of esters is 2. The summed E-state index contributed by atoms with van der Waals surface area (Å²) in [7, 11) is 0. The van der Waals surface area contributed by atoms with Crippen LogP contribution in [0.1, 0.15) is 52.4 Å². The van der Waals surface area contributed by atoms with Gasteiger partial charge in [-0.2, -0.15) is 0 Å². The van der Waals surface area contributed by atoms with Crippen molar-refractivity contribution in [3.05, 3.63) is 0 Å². The molecule has 1 aliphatic heterocycles. The fraction of sp³-hybridized carbons (Fsp3) is 0.846.